The van der Waals surface area contributed by atoms with Crippen LogP contribution in [0.5, 0.6) is 0 Å². The summed E-state index contributed by atoms with van der Waals surface area (Å²) in [5.41, 5.74) is 3.64. The van der Waals surface area contributed by atoms with E-state index in [-0.39, 0.29) is 5.82 Å². The average molecular weight is 413 g/mol. The van der Waals surface area contributed by atoms with Gasteiger partial charge in [-0.15, -0.1) is 0 Å². The zero-order valence-corrected chi connectivity index (χ0v) is 17.6. The quantitative estimate of drug-likeness (QED) is 0.566. The van der Waals surface area contributed by atoms with Gasteiger partial charge in [0.1, 0.15) is 5.82 Å². The van der Waals surface area contributed by atoms with Gasteiger partial charge >= 0.3 is 11.8 Å². The van der Waals surface area contributed by atoms with Crippen LogP contribution in [0.2, 0.25) is 0 Å². The molecule has 0 radical (unpaired) electrons. The van der Waals surface area contributed by atoms with Crippen molar-refractivity contribution in [2.75, 3.05) is 49.5 Å². The molecule has 2 aromatic rings. The van der Waals surface area contributed by atoms with Crippen LogP contribution >= 0.6 is 0 Å². The Hall–Kier alpha value is -2.93. The van der Waals surface area contributed by atoms with Crippen LogP contribution in [-0.4, -0.2) is 56.0 Å². The van der Waals surface area contributed by atoms with Crippen LogP contribution in [0.15, 0.2) is 42.5 Å². The minimum atomic E-state index is -0.642. The third kappa shape index (κ3) is 6.03. The molecule has 3 rings (SSSR count). The van der Waals surface area contributed by atoms with Crippen LogP contribution in [0.3, 0.4) is 0 Å². The van der Waals surface area contributed by atoms with Gasteiger partial charge < -0.3 is 15.5 Å². The van der Waals surface area contributed by atoms with Crippen LogP contribution in [0.25, 0.3) is 0 Å². The fraction of sp³-hybridized carbons (Fsp3) is 0.391. The second kappa shape index (κ2) is 10.2. The van der Waals surface area contributed by atoms with Crippen molar-refractivity contribution in [3.63, 3.8) is 0 Å². The van der Waals surface area contributed by atoms with E-state index >= 15 is 0 Å². The molecule has 160 valence electrons. The lowest BCUT2D eigenvalue weighted by Gasteiger charge is -2.36. The molecule has 1 aliphatic rings. The second-order valence-corrected chi connectivity index (χ2v) is 7.69. The van der Waals surface area contributed by atoms with E-state index in [1.54, 1.807) is 0 Å². The molecule has 0 bridgehead atoms. The van der Waals surface area contributed by atoms with E-state index in [1.807, 2.05) is 44.2 Å². The van der Waals surface area contributed by atoms with E-state index < -0.39 is 11.8 Å². The number of nitrogens with one attached hydrogen (secondary N) is 2. The molecular weight excluding hydrogens is 383 g/mol. The molecule has 0 spiro atoms. The van der Waals surface area contributed by atoms with Crippen LogP contribution in [0, 0.1) is 19.7 Å². The maximum atomic E-state index is 13.1. The van der Waals surface area contributed by atoms with Crippen LogP contribution in [0.4, 0.5) is 15.8 Å². The maximum absolute atomic E-state index is 13.1. The Kier molecular flexibility index (Phi) is 7.41. The number of benzene rings is 2. The monoisotopic (exact) mass is 412 g/mol. The summed E-state index contributed by atoms with van der Waals surface area (Å²) in [7, 11) is 0. The lowest BCUT2D eigenvalue weighted by molar-refractivity contribution is -0.136. The van der Waals surface area contributed by atoms with Crippen molar-refractivity contribution in [3.05, 3.63) is 59.4 Å². The van der Waals surface area contributed by atoms with Gasteiger partial charge in [0.2, 0.25) is 0 Å². The summed E-state index contributed by atoms with van der Waals surface area (Å²) in [6.07, 6.45) is 0.777. The van der Waals surface area contributed by atoms with E-state index in [2.05, 4.69) is 20.4 Å². The number of rotatable bonds is 6. The van der Waals surface area contributed by atoms with E-state index in [1.165, 1.54) is 12.1 Å². The number of piperazine rings is 1. The van der Waals surface area contributed by atoms with Crippen molar-refractivity contribution in [2.45, 2.75) is 20.3 Å². The standard InChI is InChI=1S/C23H29FN4O2/c1-17-4-5-18(2)21(16-17)26-23(30)22(29)25-10-3-11-27-12-14-28(15-13-27)20-8-6-19(24)7-9-20/h4-9,16H,3,10-15H2,1-2H3,(H,25,29)(H,26,30). The summed E-state index contributed by atoms with van der Waals surface area (Å²) in [5.74, 6) is -1.48. The first-order valence-corrected chi connectivity index (χ1v) is 10.3. The SMILES string of the molecule is Cc1ccc(C)c(NC(=O)C(=O)NCCCN2CCN(c3ccc(F)cc3)CC2)c1. The number of carbonyl (C=O) groups excluding carboxylic acids is 2. The summed E-state index contributed by atoms with van der Waals surface area (Å²) in [4.78, 5) is 28.7. The fourth-order valence-corrected chi connectivity index (χ4v) is 3.52. The van der Waals surface area contributed by atoms with Crippen LogP contribution in [0.1, 0.15) is 17.5 Å². The lowest BCUT2D eigenvalue weighted by Crippen LogP contribution is -2.47. The van der Waals surface area contributed by atoms with Crippen molar-refractivity contribution >= 4 is 23.2 Å². The third-order valence-corrected chi connectivity index (χ3v) is 5.35. The normalized spacial score (nSPS) is 14.4. The van der Waals surface area contributed by atoms with Gasteiger partial charge in [-0.25, -0.2) is 4.39 Å². The molecule has 2 amide bonds. The molecule has 0 atom stereocenters. The van der Waals surface area contributed by atoms with Gasteiger partial charge in [-0.2, -0.15) is 0 Å². The minimum absolute atomic E-state index is 0.220. The summed E-state index contributed by atoms with van der Waals surface area (Å²) < 4.78 is 13.1. The molecule has 0 unspecified atom stereocenters. The molecule has 2 N–H and O–H groups in total. The molecule has 0 saturated carbocycles. The van der Waals surface area contributed by atoms with Gasteiger partial charge in [-0.05, 0) is 68.3 Å². The summed E-state index contributed by atoms with van der Waals surface area (Å²) >= 11 is 0. The highest BCUT2D eigenvalue weighted by Crippen LogP contribution is 2.17. The molecule has 0 aromatic heterocycles. The number of hydrogen-bond acceptors (Lipinski definition) is 4. The number of anilines is 2. The van der Waals surface area contributed by atoms with E-state index in [4.69, 9.17) is 0 Å². The second-order valence-electron chi connectivity index (χ2n) is 7.69. The van der Waals surface area contributed by atoms with Gasteiger partial charge in [0.25, 0.3) is 0 Å². The van der Waals surface area contributed by atoms with E-state index in [0.29, 0.717) is 12.2 Å². The van der Waals surface area contributed by atoms with Crippen LogP contribution < -0.4 is 15.5 Å². The molecule has 0 aliphatic carbocycles. The largest absolute Gasteiger partial charge is 0.369 e. The molecule has 1 saturated heterocycles. The Bertz CT molecular complexity index is 877. The van der Waals surface area contributed by atoms with Gasteiger partial charge in [0, 0.05) is 44.1 Å². The highest BCUT2D eigenvalue weighted by molar-refractivity contribution is 6.39. The maximum Gasteiger partial charge on any atom is 0.313 e. The first kappa shape index (κ1) is 21.8. The van der Waals surface area contributed by atoms with Gasteiger partial charge in [-0.3, -0.25) is 14.5 Å². The molecule has 1 aliphatic heterocycles. The zero-order valence-electron chi connectivity index (χ0n) is 17.6. The summed E-state index contributed by atoms with van der Waals surface area (Å²) in [6, 6.07) is 12.3. The van der Waals surface area contributed by atoms with Crippen molar-refractivity contribution < 1.29 is 14.0 Å². The fourth-order valence-electron chi connectivity index (χ4n) is 3.52. The zero-order chi connectivity index (χ0) is 21.5. The smallest absolute Gasteiger partial charge is 0.313 e. The van der Waals surface area contributed by atoms with Crippen molar-refractivity contribution in [2.24, 2.45) is 0 Å². The van der Waals surface area contributed by atoms with Crippen molar-refractivity contribution in [1.29, 1.82) is 0 Å². The number of aryl methyl sites for hydroxylation is 2. The number of hydrogen-bond donors (Lipinski definition) is 2. The lowest BCUT2D eigenvalue weighted by atomic mass is 10.1. The molecular formula is C23H29FN4O2. The molecule has 2 aromatic carbocycles. The predicted octanol–water partition coefficient (Wildman–Crippen LogP) is 2.71. The van der Waals surface area contributed by atoms with Gasteiger partial charge in [0.15, 0.2) is 0 Å². The Labute approximate surface area is 177 Å². The molecule has 6 nitrogen and oxygen atoms in total. The third-order valence-electron chi connectivity index (χ3n) is 5.35. The highest BCUT2D eigenvalue weighted by atomic mass is 19.1. The first-order valence-electron chi connectivity index (χ1n) is 10.3. The number of halogens is 1. The number of carbonyl (C=O) groups is 2. The van der Waals surface area contributed by atoms with Gasteiger partial charge in [-0.1, -0.05) is 12.1 Å². The van der Waals surface area contributed by atoms with Crippen molar-refractivity contribution in [1.82, 2.24) is 10.2 Å². The molecule has 1 heterocycles. The predicted molar refractivity (Wildman–Crippen MR) is 117 cm³/mol. The van der Waals surface area contributed by atoms with Crippen LogP contribution in [-0.2, 0) is 9.59 Å². The van der Waals surface area contributed by atoms with Gasteiger partial charge in [0.05, 0.1) is 0 Å². The van der Waals surface area contributed by atoms with E-state index in [0.717, 1.165) is 56.0 Å². The minimum Gasteiger partial charge on any atom is -0.369 e. The topological polar surface area (TPSA) is 64.7 Å². The first-order chi connectivity index (χ1) is 14.4. The molecule has 7 heteroatoms. The number of nitrogens with zero attached hydrogens (tertiary/aromatic N) is 2. The molecule has 1 fully saturated rings. The Morgan fingerprint density at radius 1 is 0.967 bits per heavy atom. The van der Waals surface area contributed by atoms with E-state index in [9.17, 15) is 14.0 Å². The van der Waals surface area contributed by atoms with Crippen molar-refractivity contribution in [3.8, 4) is 0 Å². The number of amides is 2. The summed E-state index contributed by atoms with van der Waals surface area (Å²) in [6.45, 7) is 8.74. The Balaban J connectivity index is 1.34. The Morgan fingerprint density at radius 2 is 1.67 bits per heavy atom. The highest BCUT2D eigenvalue weighted by Gasteiger charge is 2.18. The average Bonchev–Trinajstić information content (AvgIpc) is 2.74. The summed E-state index contributed by atoms with van der Waals surface area (Å²) in [5, 5.41) is 5.37. The molecule has 30 heavy (non-hydrogen) atoms. The Morgan fingerprint density at radius 3 is 2.37 bits per heavy atom.